The molecule has 2 heterocycles. The second-order valence-corrected chi connectivity index (χ2v) is 16.2. The van der Waals surface area contributed by atoms with Crippen LogP contribution in [0.25, 0.3) is 0 Å². The molecule has 12 N–H and O–H groups in total. The van der Waals surface area contributed by atoms with Crippen LogP contribution in [0, 0.1) is 28.9 Å². The summed E-state index contributed by atoms with van der Waals surface area (Å²) in [5.41, 5.74) is 13.7. The van der Waals surface area contributed by atoms with Crippen LogP contribution < -0.4 is 48.8 Å². The first-order valence-corrected chi connectivity index (χ1v) is 23.1. The normalized spacial score (nSPS) is 15.7. The summed E-state index contributed by atoms with van der Waals surface area (Å²) < 4.78 is 27.7. The van der Waals surface area contributed by atoms with Crippen LogP contribution in [-0.4, -0.2) is 109 Å². The van der Waals surface area contributed by atoms with Gasteiger partial charge in [0.25, 0.3) is 0 Å². The number of halogens is 2. The molecule has 3 aliphatic carbocycles. The van der Waals surface area contributed by atoms with Crippen LogP contribution in [0.3, 0.4) is 0 Å². The summed E-state index contributed by atoms with van der Waals surface area (Å²) in [5.74, 6) is -2.21. The van der Waals surface area contributed by atoms with E-state index in [0.717, 1.165) is 56.1 Å². The highest BCUT2D eigenvalue weighted by molar-refractivity contribution is 6.11. The number of unbranched alkanes of at least 4 members (excludes halogenated alkanes) is 2. The number of nitrogens with one attached hydrogen (secondary N) is 8. The molecular formula is C46H68BF2N13O7. The maximum absolute atomic E-state index is 14.2. The molecule has 0 spiro atoms. The zero-order chi connectivity index (χ0) is 51.1. The summed E-state index contributed by atoms with van der Waals surface area (Å²) in [4.78, 5) is 87.0. The van der Waals surface area contributed by atoms with E-state index in [2.05, 4.69) is 51.7 Å². The van der Waals surface area contributed by atoms with Gasteiger partial charge in [-0.15, -0.1) is 0 Å². The summed E-state index contributed by atoms with van der Waals surface area (Å²) in [5, 5.41) is 23.5. The third-order valence-corrected chi connectivity index (χ3v) is 10.3. The first-order chi connectivity index (χ1) is 33.1. The van der Waals surface area contributed by atoms with E-state index in [1.165, 1.54) is 12.8 Å². The molecule has 2 atom stereocenters. The van der Waals surface area contributed by atoms with Crippen LogP contribution in [-0.2, 0) is 40.0 Å². The Bertz CT molecular complexity index is 2080. The standard InChI is InChI=1S/C23H35N7O7.C18H20F2N6.C3H7B.C2H6/c24-10-6-2-5-9-19(32)25-12-20(33)26-14-22(35)30-18(11-17-7-3-1-4-8-17)23(36)27-13-21(34)28-16-37-29-15-31;19-11-6-12(16(22)23-7-11)15(21)18-24-8-13(20)17(26-18)25-14-5-9-1-3-10(14)4-2-9;1-3(2)4;1-2/h1,3-4,7-8,15,18H,2,5-6,9-14,16,24H2,(H,25,32)(H,26,33)(H,27,36)(H,28,34)(H,29,31)(H,30,35);6-10,14,21H,1-5H2,(H2,22,23)(H,24,25,26);3H,1-2H3;1-2H3. The molecule has 2 bridgehead atoms. The minimum atomic E-state index is -1.03. The van der Waals surface area contributed by atoms with E-state index in [1.807, 2.05) is 33.2 Å². The molecule has 2 unspecified atom stereocenters. The van der Waals surface area contributed by atoms with Gasteiger partial charge in [0.2, 0.25) is 35.9 Å². The van der Waals surface area contributed by atoms with Crippen molar-refractivity contribution in [3.8, 4) is 0 Å². The number of rotatable bonds is 23. The lowest BCUT2D eigenvalue weighted by Crippen LogP contribution is -2.52. The molecule has 6 amide bonds. The number of nitrogens with two attached hydrogens (primary N) is 2. The molecule has 23 heteroatoms. The lowest BCUT2D eigenvalue weighted by Gasteiger charge is -2.42. The first-order valence-electron chi connectivity index (χ1n) is 23.1. The van der Waals surface area contributed by atoms with Crippen LogP contribution in [0.2, 0.25) is 5.82 Å². The number of anilines is 2. The molecule has 3 fully saturated rings. The second kappa shape index (κ2) is 33.0. The summed E-state index contributed by atoms with van der Waals surface area (Å²) in [7, 11) is 5.11. The minimum Gasteiger partial charge on any atom is -0.383 e. The molecule has 3 aliphatic rings. The van der Waals surface area contributed by atoms with Crippen molar-refractivity contribution in [2.75, 3.05) is 44.0 Å². The predicted molar refractivity (Wildman–Crippen MR) is 258 cm³/mol. The number of benzene rings is 1. The molecule has 69 heavy (non-hydrogen) atoms. The van der Waals surface area contributed by atoms with E-state index in [0.29, 0.717) is 30.6 Å². The molecule has 2 aromatic heterocycles. The Morgan fingerprint density at radius 1 is 0.884 bits per heavy atom. The second-order valence-electron chi connectivity index (χ2n) is 16.2. The van der Waals surface area contributed by atoms with Gasteiger partial charge in [-0.1, -0.05) is 83.1 Å². The van der Waals surface area contributed by atoms with Gasteiger partial charge in [0.1, 0.15) is 30.1 Å². The van der Waals surface area contributed by atoms with Gasteiger partial charge >= 0.3 is 0 Å². The fraction of sp³-hybridized carbons (Fsp3) is 0.522. The number of carbonyl (C=O) groups is 6. The lowest BCUT2D eigenvalue weighted by molar-refractivity contribution is -0.132. The van der Waals surface area contributed by atoms with E-state index < -0.39 is 54.4 Å². The molecule has 20 nitrogen and oxygen atoms in total. The van der Waals surface area contributed by atoms with Crippen molar-refractivity contribution in [3.63, 3.8) is 0 Å². The summed E-state index contributed by atoms with van der Waals surface area (Å²) in [6, 6.07) is 9.17. The number of fused-ring (bicyclic) bond motifs is 3. The highest BCUT2D eigenvalue weighted by Crippen LogP contribution is 2.42. The van der Waals surface area contributed by atoms with Crippen molar-refractivity contribution in [3.05, 3.63) is 77.4 Å². The van der Waals surface area contributed by atoms with Gasteiger partial charge in [0.05, 0.1) is 39.9 Å². The Labute approximate surface area is 403 Å². The van der Waals surface area contributed by atoms with Crippen LogP contribution in [0.4, 0.5) is 20.4 Å². The SMILES string of the molecule is CC.N=C(c1ncc(F)c(NC2CC3CCC2CC3)n1)c1cc(F)cnc1N.NCCCCCC(=O)NCC(=O)NCC(=O)NC(Cc1ccccc1)C(=O)NCC(=O)NCONC=O.[B]C(C)C. The maximum Gasteiger partial charge on any atom is 0.243 e. The van der Waals surface area contributed by atoms with Gasteiger partial charge in [0, 0.05) is 24.4 Å². The average molecular weight is 964 g/mol. The van der Waals surface area contributed by atoms with Gasteiger partial charge in [0.15, 0.2) is 17.5 Å². The Balaban J connectivity index is 0.000000441. The number of amides is 6. The number of hydrogen-bond acceptors (Lipinski definition) is 14. The molecule has 2 radical (unpaired) electrons. The Hall–Kier alpha value is -6.62. The van der Waals surface area contributed by atoms with Crippen molar-refractivity contribution >= 4 is 61.1 Å². The van der Waals surface area contributed by atoms with Gasteiger partial charge < -0.3 is 43.4 Å². The van der Waals surface area contributed by atoms with Gasteiger partial charge in [-0.25, -0.2) is 29.2 Å². The zero-order valence-corrected chi connectivity index (χ0v) is 39.9. The maximum atomic E-state index is 14.2. The highest BCUT2D eigenvalue weighted by atomic mass is 19.1. The summed E-state index contributed by atoms with van der Waals surface area (Å²) >= 11 is 0. The number of nitrogen functional groups attached to an aromatic ring is 1. The topological polar surface area (TPSA) is 310 Å². The Kier molecular flexibility index (Phi) is 28.0. The number of hydroxylamine groups is 1. The zero-order valence-electron chi connectivity index (χ0n) is 39.9. The molecule has 0 aliphatic heterocycles. The van der Waals surface area contributed by atoms with Crippen molar-refractivity contribution in [2.24, 2.45) is 17.6 Å². The molecule has 376 valence electrons. The van der Waals surface area contributed by atoms with Crippen molar-refractivity contribution in [2.45, 2.75) is 110 Å². The first kappa shape index (κ1) is 58.5. The smallest absolute Gasteiger partial charge is 0.243 e. The number of carbonyl (C=O) groups excluding carboxylic acids is 6. The third kappa shape index (κ3) is 23.3. The molecule has 3 saturated carbocycles. The van der Waals surface area contributed by atoms with Crippen LogP contribution in [0.15, 0.2) is 48.8 Å². The largest absolute Gasteiger partial charge is 0.383 e. The van der Waals surface area contributed by atoms with E-state index in [-0.39, 0.29) is 73.2 Å². The molecule has 6 rings (SSSR count). The van der Waals surface area contributed by atoms with Crippen LogP contribution in [0.5, 0.6) is 0 Å². The van der Waals surface area contributed by atoms with E-state index in [4.69, 9.17) is 24.7 Å². The third-order valence-electron chi connectivity index (χ3n) is 10.3. The van der Waals surface area contributed by atoms with Crippen molar-refractivity contribution in [1.29, 1.82) is 5.41 Å². The van der Waals surface area contributed by atoms with Crippen LogP contribution in [0.1, 0.15) is 102 Å². The monoisotopic (exact) mass is 964 g/mol. The van der Waals surface area contributed by atoms with E-state index in [1.54, 1.807) is 30.3 Å². The number of pyridine rings is 1. The minimum absolute atomic E-state index is 0.00317. The summed E-state index contributed by atoms with van der Waals surface area (Å²) in [6.07, 6.45) is 10.9. The molecule has 1 aromatic carbocycles. The van der Waals surface area contributed by atoms with Gasteiger partial charge in [-0.3, -0.25) is 39.0 Å². The Morgan fingerprint density at radius 3 is 2.16 bits per heavy atom. The van der Waals surface area contributed by atoms with Crippen molar-refractivity contribution < 1.29 is 42.4 Å². The quantitative estimate of drug-likeness (QED) is 0.0163. The fourth-order valence-corrected chi connectivity index (χ4v) is 7.05. The van der Waals surface area contributed by atoms with E-state index in [9.17, 15) is 37.5 Å². The molecule has 0 saturated heterocycles. The van der Waals surface area contributed by atoms with Gasteiger partial charge in [-0.05, 0) is 62.1 Å². The molecular weight excluding hydrogens is 895 g/mol. The van der Waals surface area contributed by atoms with E-state index >= 15 is 0 Å². The fourth-order valence-electron chi connectivity index (χ4n) is 7.05. The Morgan fingerprint density at radius 2 is 1.52 bits per heavy atom. The number of hydrogen-bond donors (Lipinski definition) is 10. The van der Waals surface area contributed by atoms with Crippen LogP contribution >= 0.6 is 0 Å². The predicted octanol–water partition coefficient (Wildman–Crippen LogP) is 2.48. The number of nitrogens with zero attached hydrogens (tertiary/aromatic N) is 3. The van der Waals surface area contributed by atoms with Gasteiger partial charge in [-0.2, -0.15) is 0 Å². The molecule has 3 aromatic rings. The summed E-state index contributed by atoms with van der Waals surface area (Å²) in [6.45, 7) is 7.06. The highest BCUT2D eigenvalue weighted by Gasteiger charge is 2.36. The lowest BCUT2D eigenvalue weighted by atomic mass is 9.68. The van der Waals surface area contributed by atoms with Crippen molar-refractivity contribution in [1.82, 2.24) is 47.0 Å². The average Bonchev–Trinajstić information content (AvgIpc) is 3.34. The number of aromatic nitrogens is 3.